The first kappa shape index (κ1) is 11.8. The highest BCUT2D eigenvalue weighted by atomic mass is 35.5. The van der Waals surface area contributed by atoms with Gasteiger partial charge in [0.1, 0.15) is 5.82 Å². The summed E-state index contributed by atoms with van der Waals surface area (Å²) in [6, 6.07) is 4.36. The Bertz CT molecular complexity index is 364. The van der Waals surface area contributed by atoms with Crippen LogP contribution in [0.2, 0.25) is 5.02 Å². The number of nitrogens with one attached hydrogen (secondary N) is 1. The van der Waals surface area contributed by atoms with Crippen molar-refractivity contribution in [1.82, 2.24) is 5.32 Å². The molecule has 0 bridgehead atoms. The maximum atomic E-state index is 12.9. The van der Waals surface area contributed by atoms with Crippen molar-refractivity contribution in [2.45, 2.75) is 18.9 Å². The summed E-state index contributed by atoms with van der Waals surface area (Å²) in [4.78, 5) is 0. The Hall–Kier alpha value is -0.640. The van der Waals surface area contributed by atoms with E-state index in [2.05, 4.69) is 5.32 Å². The van der Waals surface area contributed by atoms with E-state index in [-0.39, 0.29) is 11.9 Å². The second kappa shape index (κ2) is 5.13. The maximum absolute atomic E-state index is 12.9. The van der Waals surface area contributed by atoms with Crippen LogP contribution in [0.4, 0.5) is 4.39 Å². The van der Waals surface area contributed by atoms with Gasteiger partial charge in [-0.2, -0.15) is 0 Å². The minimum absolute atomic E-state index is 0.0878. The lowest BCUT2D eigenvalue weighted by molar-refractivity contribution is 0.322. The molecule has 0 spiro atoms. The minimum atomic E-state index is -0.314. The van der Waals surface area contributed by atoms with Crippen molar-refractivity contribution in [3.63, 3.8) is 0 Å². The van der Waals surface area contributed by atoms with Gasteiger partial charge in [-0.15, -0.1) is 0 Å². The smallest absolute Gasteiger partial charge is 0.124 e. The summed E-state index contributed by atoms with van der Waals surface area (Å²) in [5.41, 5.74) is 7.04. The Morgan fingerprint density at radius 3 is 2.69 bits per heavy atom. The molecule has 0 saturated carbocycles. The van der Waals surface area contributed by atoms with E-state index in [0.29, 0.717) is 10.9 Å². The maximum Gasteiger partial charge on any atom is 0.124 e. The SMILES string of the molecule is N[C@@H](c1ccc(F)cc1Cl)C1CCNCC1. The van der Waals surface area contributed by atoms with Crippen LogP contribution in [0.1, 0.15) is 24.4 Å². The number of rotatable bonds is 2. The predicted molar refractivity (Wildman–Crippen MR) is 63.9 cm³/mol. The van der Waals surface area contributed by atoms with Gasteiger partial charge < -0.3 is 11.1 Å². The topological polar surface area (TPSA) is 38.0 Å². The molecule has 16 heavy (non-hydrogen) atoms. The molecule has 2 nitrogen and oxygen atoms in total. The molecule has 1 aromatic carbocycles. The van der Waals surface area contributed by atoms with E-state index in [1.165, 1.54) is 12.1 Å². The quantitative estimate of drug-likeness (QED) is 0.836. The lowest BCUT2D eigenvalue weighted by atomic mass is 9.86. The molecule has 1 saturated heterocycles. The standard InChI is InChI=1S/C12H16ClFN2/c13-11-7-9(14)1-2-10(11)12(15)8-3-5-16-6-4-8/h1-2,7-8,12,16H,3-6,15H2/t12-/m1/s1. The highest BCUT2D eigenvalue weighted by molar-refractivity contribution is 6.31. The molecule has 0 unspecified atom stereocenters. The fourth-order valence-corrected chi connectivity index (χ4v) is 2.52. The zero-order valence-electron chi connectivity index (χ0n) is 9.05. The highest BCUT2D eigenvalue weighted by Crippen LogP contribution is 2.31. The number of hydrogen-bond acceptors (Lipinski definition) is 2. The van der Waals surface area contributed by atoms with Crippen LogP contribution in [0.5, 0.6) is 0 Å². The van der Waals surface area contributed by atoms with Gasteiger partial charge in [-0.25, -0.2) is 4.39 Å². The Morgan fingerprint density at radius 1 is 1.38 bits per heavy atom. The normalized spacial score (nSPS) is 19.7. The van der Waals surface area contributed by atoms with Gasteiger partial charge in [0.15, 0.2) is 0 Å². The van der Waals surface area contributed by atoms with Gasteiger partial charge in [-0.1, -0.05) is 17.7 Å². The summed E-state index contributed by atoms with van der Waals surface area (Å²) in [7, 11) is 0. The van der Waals surface area contributed by atoms with E-state index in [1.54, 1.807) is 6.07 Å². The second-order valence-electron chi connectivity index (χ2n) is 4.28. The third-order valence-electron chi connectivity index (χ3n) is 3.21. The summed E-state index contributed by atoms with van der Waals surface area (Å²) in [6.45, 7) is 1.99. The number of benzene rings is 1. The van der Waals surface area contributed by atoms with Gasteiger partial charge >= 0.3 is 0 Å². The van der Waals surface area contributed by atoms with Crippen LogP contribution in [-0.4, -0.2) is 13.1 Å². The van der Waals surface area contributed by atoms with Crippen molar-refractivity contribution < 1.29 is 4.39 Å². The fraction of sp³-hybridized carbons (Fsp3) is 0.500. The molecule has 1 aliphatic heterocycles. The van der Waals surface area contributed by atoms with Crippen molar-refractivity contribution >= 4 is 11.6 Å². The van der Waals surface area contributed by atoms with Crippen LogP contribution in [-0.2, 0) is 0 Å². The molecule has 3 N–H and O–H groups in total. The van der Waals surface area contributed by atoms with E-state index in [1.807, 2.05) is 0 Å². The van der Waals surface area contributed by atoms with Gasteiger partial charge in [-0.05, 0) is 49.5 Å². The summed E-state index contributed by atoms with van der Waals surface area (Å²) in [5.74, 6) is 0.121. The number of piperidine rings is 1. The Morgan fingerprint density at radius 2 is 2.06 bits per heavy atom. The molecule has 0 amide bonds. The molecule has 1 aliphatic rings. The van der Waals surface area contributed by atoms with E-state index in [0.717, 1.165) is 31.5 Å². The Labute approximate surface area is 100.0 Å². The van der Waals surface area contributed by atoms with E-state index in [4.69, 9.17) is 17.3 Å². The zero-order valence-corrected chi connectivity index (χ0v) is 9.80. The highest BCUT2D eigenvalue weighted by Gasteiger charge is 2.23. The van der Waals surface area contributed by atoms with Crippen LogP contribution in [0, 0.1) is 11.7 Å². The van der Waals surface area contributed by atoms with Crippen LogP contribution < -0.4 is 11.1 Å². The largest absolute Gasteiger partial charge is 0.324 e. The van der Waals surface area contributed by atoms with Crippen molar-refractivity contribution in [3.8, 4) is 0 Å². The van der Waals surface area contributed by atoms with Crippen molar-refractivity contribution in [3.05, 3.63) is 34.6 Å². The van der Waals surface area contributed by atoms with Crippen LogP contribution >= 0.6 is 11.6 Å². The molecule has 1 fully saturated rings. The summed E-state index contributed by atoms with van der Waals surface area (Å²) < 4.78 is 12.9. The molecule has 88 valence electrons. The number of hydrogen-bond donors (Lipinski definition) is 2. The van der Waals surface area contributed by atoms with Crippen LogP contribution in [0.15, 0.2) is 18.2 Å². The fourth-order valence-electron chi connectivity index (χ4n) is 2.23. The average molecular weight is 243 g/mol. The lowest BCUT2D eigenvalue weighted by Gasteiger charge is -2.28. The number of halogens is 2. The summed E-state index contributed by atoms with van der Waals surface area (Å²) in [5, 5.41) is 3.73. The van der Waals surface area contributed by atoms with Crippen molar-refractivity contribution in [1.29, 1.82) is 0 Å². The molecule has 0 aromatic heterocycles. The first-order chi connectivity index (χ1) is 7.68. The van der Waals surface area contributed by atoms with E-state index in [9.17, 15) is 4.39 Å². The number of nitrogens with two attached hydrogens (primary N) is 1. The summed E-state index contributed by atoms with van der Waals surface area (Å²) >= 11 is 6.01. The third-order valence-corrected chi connectivity index (χ3v) is 3.54. The molecule has 0 aliphatic carbocycles. The molecule has 1 heterocycles. The minimum Gasteiger partial charge on any atom is -0.324 e. The van der Waals surface area contributed by atoms with Crippen LogP contribution in [0.3, 0.4) is 0 Å². The Kier molecular flexibility index (Phi) is 3.79. The second-order valence-corrected chi connectivity index (χ2v) is 4.69. The van der Waals surface area contributed by atoms with Gasteiger partial charge in [0, 0.05) is 11.1 Å². The first-order valence-corrected chi connectivity index (χ1v) is 5.97. The van der Waals surface area contributed by atoms with Crippen molar-refractivity contribution in [2.75, 3.05) is 13.1 Å². The Balaban J connectivity index is 2.15. The summed E-state index contributed by atoms with van der Waals surface area (Å²) in [6.07, 6.45) is 2.10. The third kappa shape index (κ3) is 2.54. The van der Waals surface area contributed by atoms with Gasteiger partial charge in [0.05, 0.1) is 0 Å². The zero-order chi connectivity index (χ0) is 11.5. The van der Waals surface area contributed by atoms with E-state index >= 15 is 0 Å². The van der Waals surface area contributed by atoms with Crippen LogP contribution in [0.25, 0.3) is 0 Å². The molecule has 4 heteroatoms. The molecular weight excluding hydrogens is 227 g/mol. The predicted octanol–water partition coefficient (Wildman–Crippen LogP) is 2.48. The van der Waals surface area contributed by atoms with Crippen molar-refractivity contribution in [2.24, 2.45) is 11.7 Å². The van der Waals surface area contributed by atoms with Gasteiger partial charge in [-0.3, -0.25) is 0 Å². The molecular formula is C12H16ClFN2. The monoisotopic (exact) mass is 242 g/mol. The average Bonchev–Trinajstić information content (AvgIpc) is 2.29. The molecule has 1 aromatic rings. The van der Waals surface area contributed by atoms with E-state index < -0.39 is 0 Å². The van der Waals surface area contributed by atoms with Gasteiger partial charge in [0.2, 0.25) is 0 Å². The lowest BCUT2D eigenvalue weighted by Crippen LogP contribution is -2.33. The first-order valence-electron chi connectivity index (χ1n) is 5.59. The molecule has 2 rings (SSSR count). The molecule has 0 radical (unpaired) electrons. The molecule has 1 atom stereocenters. The van der Waals surface area contributed by atoms with Gasteiger partial charge in [0.25, 0.3) is 0 Å².